The van der Waals surface area contributed by atoms with Gasteiger partial charge in [0, 0.05) is 5.25 Å². The lowest BCUT2D eigenvalue weighted by molar-refractivity contribution is 0.0805. The predicted octanol–water partition coefficient (Wildman–Crippen LogP) is 6.31. The maximum atomic E-state index is 14.1. The fourth-order valence-corrected chi connectivity index (χ4v) is 4.67. The van der Waals surface area contributed by atoms with Crippen LogP contribution >= 0.6 is 12.6 Å². The third-order valence-corrected chi connectivity index (χ3v) is 6.50. The SMILES string of the molecule is C=C(OC1CCC(C2CCC(S)CC2)CC1)c1cc(F)c(C)cc1F. The Morgan fingerprint density at radius 2 is 1.52 bits per heavy atom. The molecule has 0 saturated heterocycles. The van der Waals surface area contributed by atoms with Crippen molar-refractivity contribution in [2.24, 2.45) is 11.8 Å². The van der Waals surface area contributed by atoms with Crippen LogP contribution in [0, 0.1) is 30.4 Å². The van der Waals surface area contributed by atoms with E-state index in [4.69, 9.17) is 4.74 Å². The van der Waals surface area contributed by atoms with Crippen molar-refractivity contribution in [2.75, 3.05) is 0 Å². The molecule has 2 aliphatic rings. The summed E-state index contributed by atoms with van der Waals surface area (Å²) < 4.78 is 33.7. The molecule has 2 saturated carbocycles. The monoisotopic (exact) mass is 366 g/mol. The van der Waals surface area contributed by atoms with E-state index in [1.165, 1.54) is 37.8 Å². The minimum Gasteiger partial charge on any atom is -0.490 e. The van der Waals surface area contributed by atoms with Crippen molar-refractivity contribution in [1.82, 2.24) is 0 Å². The number of aryl methyl sites for hydroxylation is 1. The van der Waals surface area contributed by atoms with Crippen LogP contribution in [0.1, 0.15) is 62.5 Å². The molecular weight excluding hydrogens is 338 g/mol. The molecule has 0 aliphatic heterocycles. The van der Waals surface area contributed by atoms with Gasteiger partial charge in [0.25, 0.3) is 0 Å². The molecule has 2 fully saturated rings. The number of benzene rings is 1. The summed E-state index contributed by atoms with van der Waals surface area (Å²) in [4.78, 5) is 0. The molecule has 25 heavy (non-hydrogen) atoms. The third-order valence-electron chi connectivity index (χ3n) is 5.98. The first-order valence-electron chi connectivity index (χ1n) is 9.43. The molecule has 0 amide bonds. The maximum Gasteiger partial charge on any atom is 0.134 e. The molecule has 0 spiro atoms. The van der Waals surface area contributed by atoms with Gasteiger partial charge in [0.05, 0.1) is 11.7 Å². The van der Waals surface area contributed by atoms with Crippen LogP contribution in [0.5, 0.6) is 0 Å². The Hall–Kier alpha value is -1.03. The van der Waals surface area contributed by atoms with Crippen LogP contribution < -0.4 is 0 Å². The average Bonchev–Trinajstić information content (AvgIpc) is 2.59. The molecule has 0 unspecified atom stereocenters. The van der Waals surface area contributed by atoms with Crippen molar-refractivity contribution >= 4 is 18.4 Å². The minimum atomic E-state index is -0.471. The Bertz CT molecular complexity index is 615. The summed E-state index contributed by atoms with van der Waals surface area (Å²) in [5.74, 6) is 0.958. The largest absolute Gasteiger partial charge is 0.490 e. The van der Waals surface area contributed by atoms with E-state index in [1.807, 2.05) is 0 Å². The highest BCUT2D eigenvalue weighted by Crippen LogP contribution is 2.40. The molecule has 1 aromatic carbocycles. The van der Waals surface area contributed by atoms with Gasteiger partial charge in [-0.2, -0.15) is 12.6 Å². The normalized spacial score (nSPS) is 30.1. The van der Waals surface area contributed by atoms with E-state index >= 15 is 0 Å². The van der Waals surface area contributed by atoms with Crippen molar-refractivity contribution in [3.05, 3.63) is 41.5 Å². The first-order chi connectivity index (χ1) is 11.9. The molecule has 3 rings (SSSR count). The van der Waals surface area contributed by atoms with Crippen LogP contribution in [0.3, 0.4) is 0 Å². The summed E-state index contributed by atoms with van der Waals surface area (Å²) in [5, 5.41) is 0.587. The lowest BCUT2D eigenvalue weighted by atomic mass is 9.73. The Kier molecular flexibility index (Phi) is 6.08. The summed E-state index contributed by atoms with van der Waals surface area (Å²) in [7, 11) is 0. The van der Waals surface area contributed by atoms with Crippen LogP contribution in [0.2, 0.25) is 0 Å². The van der Waals surface area contributed by atoms with Crippen molar-refractivity contribution in [2.45, 2.75) is 69.6 Å². The van der Waals surface area contributed by atoms with E-state index in [0.717, 1.165) is 37.5 Å². The van der Waals surface area contributed by atoms with Gasteiger partial charge in [0.1, 0.15) is 17.4 Å². The highest BCUT2D eigenvalue weighted by molar-refractivity contribution is 7.80. The van der Waals surface area contributed by atoms with Gasteiger partial charge in [0.2, 0.25) is 0 Å². The first kappa shape index (κ1) is 18.8. The zero-order chi connectivity index (χ0) is 18.0. The lowest BCUT2D eigenvalue weighted by Gasteiger charge is -2.37. The Morgan fingerprint density at radius 3 is 2.12 bits per heavy atom. The Labute approximate surface area is 155 Å². The molecule has 0 aromatic heterocycles. The molecule has 0 heterocycles. The van der Waals surface area contributed by atoms with Crippen molar-refractivity contribution < 1.29 is 13.5 Å². The number of rotatable bonds is 4. The lowest BCUT2D eigenvalue weighted by Crippen LogP contribution is -2.28. The van der Waals surface area contributed by atoms with E-state index in [9.17, 15) is 8.78 Å². The van der Waals surface area contributed by atoms with Gasteiger partial charge in [-0.25, -0.2) is 8.78 Å². The summed E-state index contributed by atoms with van der Waals surface area (Å²) in [6.45, 7) is 5.38. The smallest absolute Gasteiger partial charge is 0.134 e. The Morgan fingerprint density at radius 1 is 0.960 bits per heavy atom. The number of ether oxygens (including phenoxy) is 1. The van der Waals surface area contributed by atoms with Gasteiger partial charge < -0.3 is 4.74 Å². The van der Waals surface area contributed by atoms with Crippen molar-refractivity contribution in [1.29, 1.82) is 0 Å². The van der Waals surface area contributed by atoms with Crippen molar-refractivity contribution in [3.63, 3.8) is 0 Å². The van der Waals surface area contributed by atoms with Gasteiger partial charge in [-0.1, -0.05) is 6.58 Å². The van der Waals surface area contributed by atoms with Crippen LogP contribution in [0.4, 0.5) is 8.78 Å². The zero-order valence-electron chi connectivity index (χ0n) is 14.9. The fourth-order valence-electron chi connectivity index (χ4n) is 4.38. The topological polar surface area (TPSA) is 9.23 Å². The van der Waals surface area contributed by atoms with Crippen molar-refractivity contribution in [3.8, 4) is 0 Å². The Balaban J connectivity index is 1.52. The second kappa shape index (κ2) is 8.11. The highest BCUT2D eigenvalue weighted by Gasteiger charge is 2.31. The molecule has 1 nitrogen and oxygen atoms in total. The van der Waals surface area contributed by atoms with Gasteiger partial charge >= 0.3 is 0 Å². The van der Waals surface area contributed by atoms with Gasteiger partial charge in [-0.05, 0) is 87.8 Å². The molecule has 0 atom stereocenters. The predicted molar refractivity (Wildman–Crippen MR) is 102 cm³/mol. The zero-order valence-corrected chi connectivity index (χ0v) is 15.8. The number of halogens is 2. The molecular formula is C21H28F2OS. The number of thiol groups is 1. The second-order valence-corrected chi connectivity index (χ2v) is 8.46. The fraction of sp³-hybridized carbons (Fsp3) is 0.619. The average molecular weight is 367 g/mol. The van der Waals surface area contributed by atoms with E-state index < -0.39 is 11.6 Å². The van der Waals surface area contributed by atoms with Gasteiger partial charge in [-0.15, -0.1) is 0 Å². The number of hydrogen-bond acceptors (Lipinski definition) is 2. The van der Waals surface area contributed by atoms with Crippen LogP contribution in [0.25, 0.3) is 5.76 Å². The third kappa shape index (κ3) is 4.58. The molecule has 0 bridgehead atoms. The van der Waals surface area contributed by atoms with E-state index in [1.54, 1.807) is 6.92 Å². The molecule has 4 heteroatoms. The quantitative estimate of drug-likeness (QED) is 0.485. The molecule has 0 radical (unpaired) electrons. The van der Waals surface area contributed by atoms with E-state index in [-0.39, 0.29) is 17.4 Å². The van der Waals surface area contributed by atoms with E-state index in [2.05, 4.69) is 19.2 Å². The maximum absolute atomic E-state index is 14.1. The summed E-state index contributed by atoms with van der Waals surface area (Å²) in [6.07, 6.45) is 9.39. The van der Waals surface area contributed by atoms with Crippen LogP contribution in [0.15, 0.2) is 18.7 Å². The molecule has 1 aromatic rings. The molecule has 0 N–H and O–H groups in total. The highest BCUT2D eigenvalue weighted by atomic mass is 32.1. The second-order valence-electron chi connectivity index (χ2n) is 7.73. The van der Waals surface area contributed by atoms with Gasteiger partial charge in [-0.3, -0.25) is 0 Å². The summed E-state index contributed by atoms with van der Waals surface area (Å²) in [5.41, 5.74) is 0.433. The number of hydrogen-bond donors (Lipinski definition) is 1. The van der Waals surface area contributed by atoms with Crippen LogP contribution in [-0.2, 0) is 4.74 Å². The standard InChI is InChI=1S/C21H28F2OS/c1-13-11-21(23)19(12-20(13)22)14(2)24-17-7-3-15(4-8-17)16-5-9-18(25)10-6-16/h11-12,15-18,25H,2-10H2,1H3. The van der Waals surface area contributed by atoms with Gasteiger partial charge in [0.15, 0.2) is 0 Å². The summed E-state index contributed by atoms with van der Waals surface area (Å²) in [6, 6.07) is 2.39. The van der Waals surface area contributed by atoms with E-state index in [0.29, 0.717) is 10.8 Å². The first-order valence-corrected chi connectivity index (χ1v) is 9.95. The summed E-state index contributed by atoms with van der Waals surface area (Å²) >= 11 is 4.59. The molecule has 138 valence electrons. The molecule has 2 aliphatic carbocycles. The van der Waals surface area contributed by atoms with Crippen LogP contribution in [-0.4, -0.2) is 11.4 Å². The minimum absolute atomic E-state index is 0.0636.